The summed E-state index contributed by atoms with van der Waals surface area (Å²) in [6, 6.07) is 0. The van der Waals surface area contributed by atoms with Crippen LogP contribution in [0.2, 0.25) is 0 Å². The third-order valence-electron chi connectivity index (χ3n) is 3.60. The zero-order chi connectivity index (χ0) is 15.5. The first-order valence-corrected chi connectivity index (χ1v) is 7.62. The molecule has 1 aromatic rings. The third-order valence-corrected chi connectivity index (χ3v) is 3.60. The van der Waals surface area contributed by atoms with E-state index in [0.717, 1.165) is 19.4 Å². The van der Waals surface area contributed by atoms with E-state index in [4.69, 9.17) is 9.26 Å². The van der Waals surface area contributed by atoms with Gasteiger partial charge < -0.3 is 9.26 Å². The van der Waals surface area contributed by atoms with Crippen LogP contribution in [-0.4, -0.2) is 40.7 Å². The summed E-state index contributed by atoms with van der Waals surface area (Å²) in [7, 11) is 0. The SMILES string of the molecule is CCOC(=O)[C@@H]1CCCN(Cc2noc(C(C)(C)C)n2)C1. The van der Waals surface area contributed by atoms with Crippen LogP contribution < -0.4 is 0 Å². The number of rotatable bonds is 4. The molecule has 1 saturated heterocycles. The molecule has 21 heavy (non-hydrogen) atoms. The Balaban J connectivity index is 1.93. The maximum absolute atomic E-state index is 11.8. The second-order valence-electron chi connectivity index (χ2n) is 6.59. The Kier molecular flexibility index (Phi) is 4.98. The van der Waals surface area contributed by atoms with E-state index in [2.05, 4.69) is 15.0 Å². The maximum Gasteiger partial charge on any atom is 0.310 e. The normalized spacial score (nSPS) is 20.5. The summed E-state index contributed by atoms with van der Waals surface area (Å²) in [5, 5.41) is 4.04. The van der Waals surface area contributed by atoms with Crippen molar-refractivity contribution in [3.63, 3.8) is 0 Å². The number of aromatic nitrogens is 2. The van der Waals surface area contributed by atoms with Crippen LogP contribution in [0.4, 0.5) is 0 Å². The minimum Gasteiger partial charge on any atom is -0.466 e. The Bertz CT molecular complexity index is 479. The number of likely N-dealkylation sites (tertiary alicyclic amines) is 1. The Morgan fingerprint density at radius 2 is 2.24 bits per heavy atom. The number of hydrogen-bond acceptors (Lipinski definition) is 6. The maximum atomic E-state index is 11.8. The highest BCUT2D eigenvalue weighted by atomic mass is 16.5. The van der Waals surface area contributed by atoms with Crippen LogP contribution >= 0.6 is 0 Å². The van der Waals surface area contributed by atoms with Crippen molar-refractivity contribution in [1.82, 2.24) is 15.0 Å². The van der Waals surface area contributed by atoms with E-state index < -0.39 is 0 Å². The van der Waals surface area contributed by atoms with E-state index in [1.54, 1.807) is 0 Å². The first-order chi connectivity index (χ1) is 9.90. The van der Waals surface area contributed by atoms with Gasteiger partial charge in [0.25, 0.3) is 0 Å². The van der Waals surface area contributed by atoms with E-state index in [-0.39, 0.29) is 17.3 Å². The zero-order valence-corrected chi connectivity index (χ0v) is 13.4. The van der Waals surface area contributed by atoms with E-state index in [9.17, 15) is 4.79 Å². The van der Waals surface area contributed by atoms with Gasteiger partial charge in [0.05, 0.1) is 19.1 Å². The topological polar surface area (TPSA) is 68.5 Å². The van der Waals surface area contributed by atoms with Crippen LogP contribution in [0.15, 0.2) is 4.52 Å². The molecule has 118 valence electrons. The van der Waals surface area contributed by atoms with Crippen molar-refractivity contribution in [2.45, 2.75) is 52.5 Å². The molecular formula is C15H25N3O3. The van der Waals surface area contributed by atoms with Crippen LogP contribution in [0.5, 0.6) is 0 Å². The molecule has 1 atom stereocenters. The molecule has 0 N–H and O–H groups in total. The van der Waals surface area contributed by atoms with Crippen LogP contribution in [0.25, 0.3) is 0 Å². The number of carbonyl (C=O) groups excluding carboxylic acids is 1. The van der Waals surface area contributed by atoms with Gasteiger partial charge in [-0.05, 0) is 26.3 Å². The van der Waals surface area contributed by atoms with Gasteiger partial charge in [-0.3, -0.25) is 9.69 Å². The third kappa shape index (κ3) is 4.27. The smallest absolute Gasteiger partial charge is 0.310 e. The summed E-state index contributed by atoms with van der Waals surface area (Å²) in [6.45, 7) is 10.7. The van der Waals surface area contributed by atoms with E-state index >= 15 is 0 Å². The van der Waals surface area contributed by atoms with Crippen LogP contribution in [0, 0.1) is 5.92 Å². The van der Waals surface area contributed by atoms with E-state index in [0.29, 0.717) is 31.4 Å². The van der Waals surface area contributed by atoms with Crippen molar-refractivity contribution in [1.29, 1.82) is 0 Å². The van der Waals surface area contributed by atoms with Gasteiger partial charge in [-0.15, -0.1) is 0 Å². The van der Waals surface area contributed by atoms with Crippen molar-refractivity contribution in [3.05, 3.63) is 11.7 Å². The molecular weight excluding hydrogens is 270 g/mol. The summed E-state index contributed by atoms with van der Waals surface area (Å²) in [5.74, 6) is 1.21. The minimum atomic E-state index is -0.138. The van der Waals surface area contributed by atoms with Crippen LogP contribution in [0.1, 0.15) is 52.3 Å². The van der Waals surface area contributed by atoms with Gasteiger partial charge in [0, 0.05) is 12.0 Å². The van der Waals surface area contributed by atoms with E-state index in [1.165, 1.54) is 0 Å². The van der Waals surface area contributed by atoms with Crippen molar-refractivity contribution in [2.24, 2.45) is 5.92 Å². The second kappa shape index (κ2) is 6.56. The fourth-order valence-corrected chi connectivity index (χ4v) is 2.47. The predicted molar refractivity (Wildman–Crippen MR) is 77.6 cm³/mol. The first-order valence-electron chi connectivity index (χ1n) is 7.62. The van der Waals surface area contributed by atoms with Gasteiger partial charge in [0.1, 0.15) is 0 Å². The Morgan fingerprint density at radius 1 is 1.48 bits per heavy atom. The minimum absolute atomic E-state index is 0.0345. The highest BCUT2D eigenvalue weighted by molar-refractivity contribution is 5.72. The molecule has 1 fully saturated rings. The van der Waals surface area contributed by atoms with Gasteiger partial charge in [-0.2, -0.15) is 4.98 Å². The van der Waals surface area contributed by atoms with E-state index in [1.807, 2.05) is 27.7 Å². The molecule has 0 radical (unpaired) electrons. The summed E-state index contributed by atoms with van der Waals surface area (Å²) in [4.78, 5) is 18.5. The highest BCUT2D eigenvalue weighted by Crippen LogP contribution is 2.22. The lowest BCUT2D eigenvalue weighted by Gasteiger charge is -2.30. The molecule has 6 nitrogen and oxygen atoms in total. The van der Waals surface area contributed by atoms with Gasteiger partial charge in [-0.25, -0.2) is 0 Å². The molecule has 0 spiro atoms. The quantitative estimate of drug-likeness (QED) is 0.793. The summed E-state index contributed by atoms with van der Waals surface area (Å²) >= 11 is 0. The lowest BCUT2D eigenvalue weighted by atomic mass is 9.97. The molecule has 0 unspecified atom stereocenters. The molecule has 2 heterocycles. The number of nitrogens with zero attached hydrogens (tertiary/aromatic N) is 3. The molecule has 1 aromatic heterocycles. The van der Waals surface area contributed by atoms with Crippen molar-refractivity contribution in [3.8, 4) is 0 Å². The van der Waals surface area contributed by atoms with Crippen molar-refractivity contribution < 1.29 is 14.1 Å². The largest absolute Gasteiger partial charge is 0.466 e. The van der Waals surface area contributed by atoms with Gasteiger partial charge in [0.2, 0.25) is 5.89 Å². The fourth-order valence-electron chi connectivity index (χ4n) is 2.47. The van der Waals surface area contributed by atoms with Gasteiger partial charge in [0.15, 0.2) is 5.82 Å². The molecule has 0 saturated carbocycles. The Hall–Kier alpha value is -1.43. The molecule has 0 bridgehead atoms. The van der Waals surface area contributed by atoms with Gasteiger partial charge in [-0.1, -0.05) is 25.9 Å². The molecule has 2 rings (SSSR count). The Labute approximate surface area is 125 Å². The Morgan fingerprint density at radius 3 is 2.86 bits per heavy atom. The monoisotopic (exact) mass is 295 g/mol. The lowest BCUT2D eigenvalue weighted by molar-refractivity contribution is -0.150. The summed E-state index contributed by atoms with van der Waals surface area (Å²) < 4.78 is 10.4. The zero-order valence-electron chi connectivity index (χ0n) is 13.4. The summed E-state index contributed by atoms with van der Waals surface area (Å²) in [6.07, 6.45) is 1.89. The number of carbonyl (C=O) groups is 1. The predicted octanol–water partition coefficient (Wildman–Crippen LogP) is 2.14. The number of esters is 1. The highest BCUT2D eigenvalue weighted by Gasteiger charge is 2.28. The fraction of sp³-hybridized carbons (Fsp3) is 0.800. The van der Waals surface area contributed by atoms with Crippen LogP contribution in [0.3, 0.4) is 0 Å². The first kappa shape index (κ1) is 15.9. The lowest BCUT2D eigenvalue weighted by Crippen LogP contribution is -2.39. The molecule has 1 aliphatic heterocycles. The number of ether oxygens (including phenoxy) is 1. The molecule has 0 aliphatic carbocycles. The van der Waals surface area contributed by atoms with Gasteiger partial charge >= 0.3 is 5.97 Å². The summed E-state index contributed by atoms with van der Waals surface area (Å²) in [5.41, 5.74) is -0.138. The molecule has 0 aromatic carbocycles. The standard InChI is InChI=1S/C15H25N3O3/c1-5-20-13(19)11-7-6-8-18(9-11)10-12-16-14(21-17-12)15(2,3)4/h11H,5-10H2,1-4H3/t11-/m1/s1. The molecule has 1 aliphatic rings. The second-order valence-corrected chi connectivity index (χ2v) is 6.59. The van der Waals surface area contributed by atoms with Crippen molar-refractivity contribution in [2.75, 3.05) is 19.7 Å². The average molecular weight is 295 g/mol. The molecule has 6 heteroatoms. The average Bonchev–Trinajstić information content (AvgIpc) is 2.88. The van der Waals surface area contributed by atoms with Crippen molar-refractivity contribution >= 4 is 5.97 Å². The van der Waals surface area contributed by atoms with Crippen LogP contribution in [-0.2, 0) is 21.5 Å². The molecule has 0 amide bonds. The number of hydrogen-bond donors (Lipinski definition) is 0. The number of piperidine rings is 1.